The van der Waals surface area contributed by atoms with Crippen molar-refractivity contribution in [1.29, 1.82) is 0 Å². The lowest BCUT2D eigenvalue weighted by molar-refractivity contribution is -0.241. The van der Waals surface area contributed by atoms with Gasteiger partial charge in [0.05, 0.1) is 25.4 Å². The lowest BCUT2D eigenvalue weighted by Crippen LogP contribution is -2.59. The van der Waals surface area contributed by atoms with Crippen molar-refractivity contribution in [2.24, 2.45) is 0 Å². The first-order valence-electron chi connectivity index (χ1n) is 7.00. The molecule has 7 heteroatoms. The minimum absolute atomic E-state index is 0.0618. The summed E-state index contributed by atoms with van der Waals surface area (Å²) in [5.74, 6) is 0. The molecule has 0 aromatic heterocycles. The highest BCUT2D eigenvalue weighted by Gasteiger charge is 2.40. The third-order valence-corrected chi connectivity index (χ3v) is 3.93. The van der Waals surface area contributed by atoms with Gasteiger partial charge in [-0.2, -0.15) is 0 Å². The number of aliphatic hydroxyl groups is 1. The van der Waals surface area contributed by atoms with E-state index in [4.69, 9.17) is 14.2 Å². The summed E-state index contributed by atoms with van der Waals surface area (Å²) >= 11 is 0. The molecule has 0 aliphatic carbocycles. The van der Waals surface area contributed by atoms with Crippen molar-refractivity contribution < 1.29 is 24.1 Å². The molecule has 0 aromatic carbocycles. The van der Waals surface area contributed by atoms with Crippen LogP contribution in [0.1, 0.15) is 13.3 Å². The molecule has 0 radical (unpaired) electrons. The van der Waals surface area contributed by atoms with Crippen molar-refractivity contribution in [3.63, 3.8) is 0 Å². The normalized spacial score (nSPS) is 34.9. The number of methoxy groups -OCH3 is 1. The predicted octanol–water partition coefficient (Wildman–Crippen LogP) is -0.119. The lowest BCUT2D eigenvalue weighted by atomic mass is 9.99. The number of amides is 2. The number of hydrogen-bond donors (Lipinski definition) is 1. The first kappa shape index (κ1) is 15.5. The van der Waals surface area contributed by atoms with Crippen LogP contribution >= 0.6 is 0 Å². The number of ether oxygens (including phenoxy) is 3. The molecule has 20 heavy (non-hydrogen) atoms. The highest BCUT2D eigenvalue weighted by atomic mass is 16.7. The molecule has 1 unspecified atom stereocenters. The smallest absolute Gasteiger partial charge is 0.320 e. The van der Waals surface area contributed by atoms with E-state index in [1.165, 1.54) is 7.11 Å². The maximum absolute atomic E-state index is 12.4. The van der Waals surface area contributed by atoms with Gasteiger partial charge in [-0.3, -0.25) is 0 Å². The molecule has 2 amide bonds. The van der Waals surface area contributed by atoms with Crippen molar-refractivity contribution in [2.45, 2.75) is 37.9 Å². The van der Waals surface area contributed by atoms with Gasteiger partial charge in [-0.1, -0.05) is 0 Å². The zero-order chi connectivity index (χ0) is 14.7. The second-order valence-corrected chi connectivity index (χ2v) is 5.34. The Hall–Kier alpha value is -0.890. The predicted molar refractivity (Wildman–Crippen MR) is 71.3 cm³/mol. The third-order valence-electron chi connectivity index (χ3n) is 3.93. The standard InChI is InChI=1S/C13H24N2O5/c1-9-8-10(11(16)12(18-3)20-9)14(2)13(17)15-4-6-19-7-5-15/h9-12,16H,4-8H2,1-3H3/t9-,10+,11-,12?/m1/s1. The molecule has 2 aliphatic rings. The number of likely N-dealkylation sites (N-methyl/N-ethyl adjacent to an activating group) is 1. The molecule has 4 atom stereocenters. The van der Waals surface area contributed by atoms with E-state index in [9.17, 15) is 9.90 Å². The molecule has 1 N–H and O–H groups in total. The van der Waals surface area contributed by atoms with Gasteiger partial charge in [-0.25, -0.2) is 4.79 Å². The molecule has 7 nitrogen and oxygen atoms in total. The van der Waals surface area contributed by atoms with Crippen LogP contribution in [0.3, 0.4) is 0 Å². The number of carbonyl (C=O) groups excluding carboxylic acids is 1. The van der Waals surface area contributed by atoms with E-state index in [2.05, 4.69) is 0 Å². The third kappa shape index (κ3) is 3.22. The average molecular weight is 288 g/mol. The van der Waals surface area contributed by atoms with Crippen molar-refractivity contribution in [1.82, 2.24) is 9.80 Å². The summed E-state index contributed by atoms with van der Waals surface area (Å²) in [4.78, 5) is 15.8. The summed E-state index contributed by atoms with van der Waals surface area (Å²) in [6.45, 7) is 4.22. The van der Waals surface area contributed by atoms with Crippen LogP contribution in [0.4, 0.5) is 4.79 Å². The number of morpholine rings is 1. The molecule has 0 saturated carbocycles. The van der Waals surface area contributed by atoms with Gasteiger partial charge in [0.2, 0.25) is 0 Å². The minimum Gasteiger partial charge on any atom is -0.386 e. The van der Waals surface area contributed by atoms with Crippen LogP contribution in [0.2, 0.25) is 0 Å². The van der Waals surface area contributed by atoms with Gasteiger partial charge in [0.15, 0.2) is 6.29 Å². The summed E-state index contributed by atoms with van der Waals surface area (Å²) in [7, 11) is 3.21. The zero-order valence-electron chi connectivity index (χ0n) is 12.3. The molecule has 0 spiro atoms. The molecule has 2 fully saturated rings. The van der Waals surface area contributed by atoms with Gasteiger partial charge < -0.3 is 29.1 Å². The van der Waals surface area contributed by atoms with Crippen LogP contribution in [-0.4, -0.2) is 85.9 Å². The van der Waals surface area contributed by atoms with E-state index < -0.39 is 12.4 Å². The Morgan fingerprint density at radius 3 is 2.65 bits per heavy atom. The molecule has 0 aromatic rings. The molecule has 2 rings (SSSR count). The molecule has 0 bridgehead atoms. The Kier molecular flexibility index (Phi) is 5.20. The van der Waals surface area contributed by atoms with Crippen LogP contribution < -0.4 is 0 Å². The lowest BCUT2D eigenvalue weighted by Gasteiger charge is -2.43. The summed E-state index contributed by atoms with van der Waals surface area (Å²) < 4.78 is 15.9. The highest BCUT2D eigenvalue weighted by molar-refractivity contribution is 5.74. The van der Waals surface area contributed by atoms with Crippen molar-refractivity contribution in [3.8, 4) is 0 Å². The Morgan fingerprint density at radius 1 is 1.40 bits per heavy atom. The van der Waals surface area contributed by atoms with Crippen molar-refractivity contribution in [2.75, 3.05) is 40.5 Å². The fraction of sp³-hybridized carbons (Fsp3) is 0.923. The topological polar surface area (TPSA) is 71.5 Å². The largest absolute Gasteiger partial charge is 0.386 e. The highest BCUT2D eigenvalue weighted by Crippen LogP contribution is 2.25. The number of aliphatic hydroxyl groups excluding tert-OH is 1. The average Bonchev–Trinajstić information content (AvgIpc) is 2.48. The van der Waals surface area contributed by atoms with Crippen molar-refractivity contribution in [3.05, 3.63) is 0 Å². The summed E-state index contributed by atoms with van der Waals surface area (Å²) in [6, 6.07) is -0.389. The first-order valence-corrected chi connectivity index (χ1v) is 7.00. The Bertz CT molecular complexity index is 335. The van der Waals surface area contributed by atoms with Gasteiger partial charge in [0.1, 0.15) is 6.10 Å². The maximum Gasteiger partial charge on any atom is 0.320 e. The number of carbonyl (C=O) groups is 1. The number of hydrogen-bond acceptors (Lipinski definition) is 5. The van der Waals surface area contributed by atoms with Gasteiger partial charge >= 0.3 is 6.03 Å². The van der Waals surface area contributed by atoms with Crippen molar-refractivity contribution >= 4 is 6.03 Å². The van der Waals surface area contributed by atoms with Crippen LogP contribution in [-0.2, 0) is 14.2 Å². The van der Waals surface area contributed by atoms with E-state index in [-0.39, 0.29) is 18.2 Å². The second kappa shape index (κ2) is 6.71. The van der Waals surface area contributed by atoms with Gasteiger partial charge in [0, 0.05) is 27.2 Å². The van der Waals surface area contributed by atoms with E-state index in [1.54, 1.807) is 16.8 Å². The first-order chi connectivity index (χ1) is 9.54. The maximum atomic E-state index is 12.4. The van der Waals surface area contributed by atoms with Gasteiger partial charge in [-0.15, -0.1) is 0 Å². The molecular formula is C13H24N2O5. The number of nitrogens with zero attached hydrogens (tertiary/aromatic N) is 2. The van der Waals surface area contributed by atoms with Crippen LogP contribution in [0.15, 0.2) is 0 Å². The second-order valence-electron chi connectivity index (χ2n) is 5.34. The molecular weight excluding hydrogens is 264 g/mol. The van der Waals surface area contributed by atoms with Crippen LogP contribution in [0, 0.1) is 0 Å². The van der Waals surface area contributed by atoms with E-state index in [1.807, 2.05) is 6.92 Å². The van der Waals surface area contributed by atoms with E-state index in [0.717, 1.165) is 0 Å². The molecule has 116 valence electrons. The molecule has 2 aliphatic heterocycles. The zero-order valence-corrected chi connectivity index (χ0v) is 12.3. The number of rotatable bonds is 2. The molecule has 2 saturated heterocycles. The quantitative estimate of drug-likeness (QED) is 0.767. The monoisotopic (exact) mass is 288 g/mol. The summed E-state index contributed by atoms with van der Waals surface area (Å²) in [5.41, 5.74) is 0. The minimum atomic E-state index is -0.841. The van der Waals surface area contributed by atoms with Gasteiger partial charge in [0.25, 0.3) is 0 Å². The number of urea groups is 1. The fourth-order valence-electron chi connectivity index (χ4n) is 2.73. The molecule has 2 heterocycles. The Labute approximate surface area is 119 Å². The van der Waals surface area contributed by atoms with E-state index >= 15 is 0 Å². The van der Waals surface area contributed by atoms with Gasteiger partial charge in [-0.05, 0) is 13.3 Å². The summed E-state index contributed by atoms with van der Waals surface area (Å²) in [6.07, 6.45) is -1.00. The van der Waals surface area contributed by atoms with Crippen LogP contribution in [0.25, 0.3) is 0 Å². The Balaban J connectivity index is 2.02. The van der Waals surface area contributed by atoms with E-state index in [0.29, 0.717) is 32.7 Å². The summed E-state index contributed by atoms with van der Waals surface area (Å²) in [5, 5.41) is 10.3. The SMILES string of the molecule is COC1O[C@H](C)C[C@H](N(C)C(=O)N2CCOCC2)[C@H]1O. The fourth-order valence-corrected chi connectivity index (χ4v) is 2.73. The van der Waals surface area contributed by atoms with Crippen LogP contribution in [0.5, 0.6) is 0 Å². The Morgan fingerprint density at radius 2 is 2.05 bits per heavy atom.